The number of aromatic nitrogens is 2. The summed E-state index contributed by atoms with van der Waals surface area (Å²) < 4.78 is 5.30. The van der Waals surface area contributed by atoms with Crippen molar-refractivity contribution < 1.29 is 9.32 Å². The first-order valence-electron chi connectivity index (χ1n) is 9.59. The normalized spacial score (nSPS) is 26.4. The molecule has 3 rings (SSSR count). The summed E-state index contributed by atoms with van der Waals surface area (Å²) in [7, 11) is 0. The molecule has 2 fully saturated rings. The topological polar surface area (TPSA) is 74.5 Å². The van der Waals surface area contributed by atoms with Crippen LogP contribution < -0.4 is 5.32 Å². The van der Waals surface area contributed by atoms with Crippen LogP contribution in [0.1, 0.15) is 57.2 Å². The van der Waals surface area contributed by atoms with Gasteiger partial charge in [-0.2, -0.15) is 4.98 Å². The highest BCUT2D eigenvalue weighted by atomic mass is 16.5. The van der Waals surface area contributed by atoms with Gasteiger partial charge in [-0.1, -0.05) is 12.1 Å². The Kier molecular flexibility index (Phi) is 5.93. The Morgan fingerprint density at radius 2 is 2.12 bits per heavy atom. The van der Waals surface area contributed by atoms with Crippen molar-refractivity contribution in [2.24, 2.45) is 5.92 Å². The number of carbonyl (C=O) groups excluding carboxylic acids is 1. The van der Waals surface area contributed by atoms with E-state index in [-0.39, 0.29) is 18.0 Å². The van der Waals surface area contributed by atoms with Crippen LogP contribution in [-0.2, 0) is 0 Å². The second kappa shape index (κ2) is 8.17. The molecule has 7 heteroatoms. The third-order valence-electron chi connectivity index (χ3n) is 5.24. The Morgan fingerprint density at radius 1 is 1.32 bits per heavy atom. The monoisotopic (exact) mass is 349 g/mol. The molecule has 2 saturated heterocycles. The molecule has 1 N–H and O–H groups in total. The van der Waals surface area contributed by atoms with E-state index in [0.717, 1.165) is 44.9 Å². The molecule has 2 aliphatic heterocycles. The van der Waals surface area contributed by atoms with Gasteiger partial charge in [-0.25, -0.2) is 4.79 Å². The minimum Gasteiger partial charge on any atom is -0.339 e. The van der Waals surface area contributed by atoms with Crippen molar-refractivity contribution >= 4 is 6.03 Å². The Bertz CT molecular complexity index is 576. The number of carbonyl (C=O) groups is 1. The highest BCUT2D eigenvalue weighted by Crippen LogP contribution is 2.25. The molecule has 3 unspecified atom stereocenters. The fourth-order valence-corrected chi connectivity index (χ4v) is 4.03. The van der Waals surface area contributed by atoms with Gasteiger partial charge in [-0.3, -0.25) is 0 Å². The first-order chi connectivity index (χ1) is 12.0. The molecule has 0 radical (unpaired) electrons. The van der Waals surface area contributed by atoms with Crippen LogP contribution in [0.2, 0.25) is 0 Å². The van der Waals surface area contributed by atoms with Gasteiger partial charge < -0.3 is 19.6 Å². The van der Waals surface area contributed by atoms with Gasteiger partial charge in [0.2, 0.25) is 5.89 Å². The molecule has 7 nitrogen and oxygen atoms in total. The largest absolute Gasteiger partial charge is 0.339 e. The second-order valence-corrected chi connectivity index (χ2v) is 7.82. The summed E-state index contributed by atoms with van der Waals surface area (Å²) in [6, 6.07) is 0.183. The van der Waals surface area contributed by atoms with Crippen LogP contribution in [0.5, 0.6) is 0 Å². The van der Waals surface area contributed by atoms with Crippen LogP contribution in [-0.4, -0.2) is 64.7 Å². The van der Waals surface area contributed by atoms with Crippen LogP contribution in [0.3, 0.4) is 0 Å². The van der Waals surface area contributed by atoms with E-state index in [4.69, 9.17) is 4.52 Å². The molecular formula is C18H31N5O2. The van der Waals surface area contributed by atoms with Crippen molar-refractivity contribution in [2.45, 2.75) is 58.4 Å². The molecule has 25 heavy (non-hydrogen) atoms. The highest BCUT2D eigenvalue weighted by molar-refractivity contribution is 5.74. The summed E-state index contributed by atoms with van der Waals surface area (Å²) >= 11 is 0. The van der Waals surface area contributed by atoms with Gasteiger partial charge in [0.05, 0.1) is 5.92 Å². The molecule has 0 bridgehead atoms. The molecule has 2 amide bonds. The van der Waals surface area contributed by atoms with Gasteiger partial charge in [0.15, 0.2) is 5.82 Å². The molecule has 3 atom stereocenters. The lowest BCUT2D eigenvalue weighted by Crippen LogP contribution is -2.51. The predicted molar refractivity (Wildman–Crippen MR) is 95.4 cm³/mol. The molecule has 140 valence electrons. The summed E-state index contributed by atoms with van der Waals surface area (Å²) in [5.41, 5.74) is 0. The summed E-state index contributed by atoms with van der Waals surface area (Å²) in [5, 5.41) is 7.04. The Hall–Kier alpha value is -1.63. The SMILES string of the molecule is Cc1noc(C2CCCN(C(=O)NC(C)CN3CCCC(C)C3)C2)n1. The van der Waals surface area contributed by atoms with Crippen LogP contribution in [0, 0.1) is 12.8 Å². The Labute approximate surface area is 150 Å². The average molecular weight is 349 g/mol. The molecule has 3 heterocycles. The number of hydrogen-bond donors (Lipinski definition) is 1. The maximum atomic E-state index is 12.6. The number of piperidine rings is 2. The summed E-state index contributed by atoms with van der Waals surface area (Å²) in [6.07, 6.45) is 4.55. The zero-order valence-electron chi connectivity index (χ0n) is 15.7. The van der Waals surface area contributed by atoms with Crippen molar-refractivity contribution in [1.29, 1.82) is 0 Å². The summed E-state index contributed by atoms with van der Waals surface area (Å²) in [4.78, 5) is 21.3. The zero-order chi connectivity index (χ0) is 17.8. The van der Waals surface area contributed by atoms with Crippen molar-refractivity contribution in [1.82, 2.24) is 25.3 Å². The molecule has 1 aromatic rings. The van der Waals surface area contributed by atoms with E-state index in [1.807, 2.05) is 11.8 Å². The Balaban J connectivity index is 1.48. The molecule has 1 aromatic heterocycles. The first kappa shape index (κ1) is 18.2. The predicted octanol–water partition coefficient (Wildman–Crippen LogP) is 2.39. The second-order valence-electron chi connectivity index (χ2n) is 7.82. The number of nitrogens with one attached hydrogen (secondary N) is 1. The standard InChI is InChI=1S/C18H31N5O2/c1-13-6-4-8-22(10-13)11-14(2)19-18(24)23-9-5-7-16(12-23)17-20-15(3)21-25-17/h13-14,16H,4-12H2,1-3H3,(H,19,24). The van der Waals surface area contributed by atoms with E-state index in [1.54, 1.807) is 0 Å². The summed E-state index contributed by atoms with van der Waals surface area (Å²) in [5.74, 6) is 2.22. The molecule has 0 aromatic carbocycles. The number of nitrogens with zero attached hydrogens (tertiary/aromatic N) is 4. The third kappa shape index (κ3) is 4.93. The first-order valence-corrected chi connectivity index (χ1v) is 9.59. The lowest BCUT2D eigenvalue weighted by Gasteiger charge is -2.35. The van der Waals surface area contributed by atoms with E-state index < -0.39 is 0 Å². The smallest absolute Gasteiger partial charge is 0.317 e. The van der Waals surface area contributed by atoms with Crippen molar-refractivity contribution in [3.8, 4) is 0 Å². The van der Waals surface area contributed by atoms with E-state index in [0.29, 0.717) is 18.3 Å². The van der Waals surface area contributed by atoms with Crippen LogP contribution in [0.4, 0.5) is 4.79 Å². The lowest BCUT2D eigenvalue weighted by molar-refractivity contribution is 0.152. The van der Waals surface area contributed by atoms with Gasteiger partial charge in [0.25, 0.3) is 0 Å². The van der Waals surface area contributed by atoms with Crippen molar-refractivity contribution in [3.05, 3.63) is 11.7 Å². The fraction of sp³-hybridized carbons (Fsp3) is 0.833. The lowest BCUT2D eigenvalue weighted by atomic mass is 9.98. The maximum Gasteiger partial charge on any atom is 0.317 e. The number of likely N-dealkylation sites (tertiary alicyclic amines) is 2. The average Bonchev–Trinajstić information content (AvgIpc) is 3.01. The van der Waals surface area contributed by atoms with E-state index in [9.17, 15) is 4.79 Å². The van der Waals surface area contributed by atoms with Crippen LogP contribution >= 0.6 is 0 Å². The van der Waals surface area contributed by atoms with Crippen molar-refractivity contribution in [2.75, 3.05) is 32.7 Å². The van der Waals surface area contributed by atoms with Crippen LogP contribution in [0.25, 0.3) is 0 Å². The molecular weight excluding hydrogens is 318 g/mol. The minimum atomic E-state index is 0.0264. The molecule has 0 spiro atoms. The minimum absolute atomic E-state index is 0.0264. The van der Waals surface area contributed by atoms with E-state index >= 15 is 0 Å². The van der Waals surface area contributed by atoms with Crippen LogP contribution in [0.15, 0.2) is 4.52 Å². The van der Waals surface area contributed by atoms with Gasteiger partial charge >= 0.3 is 6.03 Å². The highest BCUT2D eigenvalue weighted by Gasteiger charge is 2.29. The quantitative estimate of drug-likeness (QED) is 0.903. The number of hydrogen-bond acceptors (Lipinski definition) is 5. The van der Waals surface area contributed by atoms with E-state index in [1.165, 1.54) is 12.8 Å². The number of aryl methyl sites for hydroxylation is 1. The molecule has 0 saturated carbocycles. The Morgan fingerprint density at radius 3 is 2.84 bits per heavy atom. The van der Waals surface area contributed by atoms with Crippen molar-refractivity contribution in [3.63, 3.8) is 0 Å². The van der Waals surface area contributed by atoms with Gasteiger partial charge in [-0.05, 0) is 52.0 Å². The zero-order valence-corrected chi connectivity index (χ0v) is 15.7. The van der Waals surface area contributed by atoms with E-state index in [2.05, 4.69) is 34.2 Å². The number of amides is 2. The fourth-order valence-electron chi connectivity index (χ4n) is 4.03. The number of rotatable bonds is 4. The molecule has 0 aliphatic carbocycles. The maximum absolute atomic E-state index is 12.6. The third-order valence-corrected chi connectivity index (χ3v) is 5.24. The van der Waals surface area contributed by atoms with Gasteiger partial charge in [0.1, 0.15) is 0 Å². The summed E-state index contributed by atoms with van der Waals surface area (Å²) in [6.45, 7) is 10.9. The molecule has 2 aliphatic rings. The van der Waals surface area contributed by atoms with Gasteiger partial charge in [-0.15, -0.1) is 0 Å². The van der Waals surface area contributed by atoms with Gasteiger partial charge in [0, 0.05) is 32.2 Å². The number of urea groups is 1.